The third kappa shape index (κ3) is 3.12. The number of nitro groups is 1. The molecule has 0 bridgehead atoms. The van der Waals surface area contributed by atoms with Crippen LogP contribution in [0, 0.1) is 16.0 Å². The number of halogens is 1. The quantitative estimate of drug-likeness (QED) is 0.335. The molecular weight excluding hydrogens is 434 g/mol. The van der Waals surface area contributed by atoms with Crippen molar-refractivity contribution in [1.29, 1.82) is 0 Å². The zero-order valence-corrected chi connectivity index (χ0v) is 17.3. The molecule has 0 aliphatic carbocycles. The molecule has 2 aliphatic rings. The van der Waals surface area contributed by atoms with E-state index in [1.807, 2.05) is 6.07 Å². The first-order valence-corrected chi connectivity index (χ1v) is 10.2. The summed E-state index contributed by atoms with van der Waals surface area (Å²) in [5.41, 5.74) is 1.30. The molecule has 0 N–H and O–H groups in total. The summed E-state index contributed by atoms with van der Waals surface area (Å²) in [4.78, 5) is 44.7. The topological polar surface area (TPSA) is 93.0 Å². The number of hydrogen-bond donors (Lipinski definition) is 0. The minimum atomic E-state index is -1.08. The summed E-state index contributed by atoms with van der Waals surface area (Å²) < 4.78 is 0. The van der Waals surface area contributed by atoms with E-state index in [1.165, 1.54) is 17.2 Å². The second kappa shape index (κ2) is 7.74. The van der Waals surface area contributed by atoms with E-state index < -0.39 is 34.8 Å². The monoisotopic (exact) mass is 449 g/mol. The Bertz CT molecular complexity index is 1240. The van der Waals surface area contributed by atoms with E-state index in [-0.39, 0.29) is 16.4 Å². The lowest BCUT2D eigenvalue weighted by atomic mass is 9.90. The summed E-state index contributed by atoms with van der Waals surface area (Å²) in [7, 11) is 0. The van der Waals surface area contributed by atoms with Gasteiger partial charge in [-0.2, -0.15) is 0 Å². The van der Waals surface area contributed by atoms with Gasteiger partial charge in [0.05, 0.1) is 27.4 Å². The second-order valence-corrected chi connectivity index (χ2v) is 7.88. The first-order chi connectivity index (χ1) is 15.5. The Morgan fingerprint density at radius 3 is 2.34 bits per heavy atom. The number of carbonyl (C=O) groups is 2. The highest BCUT2D eigenvalue weighted by Gasteiger charge is 2.60. The van der Waals surface area contributed by atoms with Gasteiger partial charge in [-0.25, -0.2) is 9.96 Å². The smallest absolute Gasteiger partial charge is 0.269 e. The van der Waals surface area contributed by atoms with Gasteiger partial charge in [-0.05, 0) is 29.8 Å². The third-order valence-electron chi connectivity index (χ3n) is 5.64. The molecule has 8 nitrogen and oxygen atoms in total. The average Bonchev–Trinajstić information content (AvgIpc) is 3.31. The van der Waals surface area contributed by atoms with Crippen LogP contribution in [-0.2, 0) is 14.4 Å². The number of rotatable bonds is 4. The fourth-order valence-corrected chi connectivity index (χ4v) is 4.47. The van der Waals surface area contributed by atoms with Crippen molar-refractivity contribution < 1.29 is 19.3 Å². The van der Waals surface area contributed by atoms with Gasteiger partial charge >= 0.3 is 0 Å². The summed E-state index contributed by atoms with van der Waals surface area (Å²) >= 11 is 6.25. The molecule has 2 fully saturated rings. The minimum absolute atomic E-state index is 0.112. The number of nitro benzene ring substituents is 1. The SMILES string of the molecule is O=C1[C@@H]2[C@@H](c3cccc([N+](=O)[O-])c3)N(c3ccccc3)O[C@H]2C(=O)N1c1ccccc1Cl. The Balaban J connectivity index is 1.62. The lowest BCUT2D eigenvalue weighted by Gasteiger charge is -2.28. The number of anilines is 2. The lowest BCUT2D eigenvalue weighted by molar-refractivity contribution is -0.384. The maximum absolute atomic E-state index is 13.5. The standard InChI is InChI=1S/C23H16ClN3O5/c24-17-11-4-5-12-18(17)25-22(28)19-20(14-7-6-10-16(13-14)27(30)31)26(32-21(19)23(25)29)15-8-2-1-3-9-15/h1-13,19-21H/t19-,20-,21-/m1/s1. The molecule has 5 rings (SSSR count). The Kier molecular flexibility index (Phi) is 4.88. The first-order valence-electron chi connectivity index (χ1n) is 9.85. The van der Waals surface area contributed by atoms with Gasteiger partial charge in [-0.1, -0.05) is 54.1 Å². The highest BCUT2D eigenvalue weighted by Crippen LogP contribution is 2.48. The van der Waals surface area contributed by atoms with Gasteiger partial charge in [0.25, 0.3) is 11.6 Å². The second-order valence-electron chi connectivity index (χ2n) is 7.47. The van der Waals surface area contributed by atoms with Crippen LogP contribution >= 0.6 is 11.6 Å². The van der Waals surface area contributed by atoms with E-state index in [0.717, 1.165) is 4.90 Å². The molecule has 0 aromatic heterocycles. The van der Waals surface area contributed by atoms with Crippen LogP contribution in [-0.4, -0.2) is 22.8 Å². The van der Waals surface area contributed by atoms with Crippen molar-refractivity contribution in [2.75, 3.05) is 9.96 Å². The van der Waals surface area contributed by atoms with Crippen LogP contribution in [0.15, 0.2) is 78.9 Å². The first kappa shape index (κ1) is 20.2. The molecule has 0 spiro atoms. The molecule has 2 aliphatic heterocycles. The number of hydrogen-bond acceptors (Lipinski definition) is 6. The number of hydroxylamine groups is 1. The summed E-state index contributed by atoms with van der Waals surface area (Å²) in [5.74, 6) is -1.90. The van der Waals surface area contributed by atoms with Gasteiger partial charge < -0.3 is 0 Å². The molecule has 2 amide bonds. The predicted molar refractivity (Wildman–Crippen MR) is 117 cm³/mol. The number of nitrogens with zero attached hydrogens (tertiary/aromatic N) is 3. The molecule has 0 radical (unpaired) electrons. The third-order valence-corrected chi connectivity index (χ3v) is 5.96. The van der Waals surface area contributed by atoms with Gasteiger partial charge in [0.1, 0.15) is 5.92 Å². The Labute approximate surface area is 187 Å². The number of para-hydroxylation sites is 2. The van der Waals surface area contributed by atoms with E-state index in [9.17, 15) is 19.7 Å². The lowest BCUT2D eigenvalue weighted by Crippen LogP contribution is -2.37. The zero-order valence-electron chi connectivity index (χ0n) is 16.5. The van der Waals surface area contributed by atoms with Crippen LogP contribution in [0.1, 0.15) is 11.6 Å². The van der Waals surface area contributed by atoms with E-state index >= 15 is 0 Å². The summed E-state index contributed by atoms with van der Waals surface area (Å²) in [6.45, 7) is 0. The molecular formula is C23H16ClN3O5. The van der Waals surface area contributed by atoms with Crippen molar-refractivity contribution >= 4 is 40.5 Å². The molecule has 3 aromatic carbocycles. The summed E-state index contributed by atoms with van der Waals surface area (Å²) in [6.07, 6.45) is -1.08. The van der Waals surface area contributed by atoms with Crippen LogP contribution in [0.4, 0.5) is 17.1 Å². The maximum atomic E-state index is 13.5. The predicted octanol–water partition coefficient (Wildman–Crippen LogP) is 4.30. The molecule has 0 unspecified atom stereocenters. The molecule has 2 heterocycles. The van der Waals surface area contributed by atoms with Crippen LogP contribution in [0.25, 0.3) is 0 Å². The average molecular weight is 450 g/mol. The fourth-order valence-electron chi connectivity index (χ4n) is 4.25. The number of non-ortho nitro benzene ring substituents is 1. The highest BCUT2D eigenvalue weighted by molar-refractivity contribution is 6.36. The van der Waals surface area contributed by atoms with E-state index in [4.69, 9.17) is 16.4 Å². The van der Waals surface area contributed by atoms with Gasteiger partial charge in [0.2, 0.25) is 5.91 Å². The van der Waals surface area contributed by atoms with E-state index in [2.05, 4.69) is 0 Å². The molecule has 0 saturated carbocycles. The Hall–Kier alpha value is -3.75. The fraction of sp³-hybridized carbons (Fsp3) is 0.130. The van der Waals surface area contributed by atoms with E-state index in [1.54, 1.807) is 60.7 Å². The molecule has 3 atom stereocenters. The Morgan fingerprint density at radius 1 is 0.906 bits per heavy atom. The molecule has 3 aromatic rings. The minimum Gasteiger partial charge on any atom is -0.273 e. The summed E-state index contributed by atoms with van der Waals surface area (Å²) in [5, 5.41) is 13.1. The van der Waals surface area contributed by atoms with Crippen LogP contribution in [0.3, 0.4) is 0 Å². The van der Waals surface area contributed by atoms with Crippen molar-refractivity contribution in [1.82, 2.24) is 0 Å². The van der Waals surface area contributed by atoms with Gasteiger partial charge in [-0.3, -0.25) is 24.5 Å². The van der Waals surface area contributed by atoms with Crippen molar-refractivity contribution in [3.63, 3.8) is 0 Å². The van der Waals surface area contributed by atoms with Crippen molar-refractivity contribution in [2.45, 2.75) is 12.1 Å². The number of benzene rings is 3. The van der Waals surface area contributed by atoms with Gasteiger partial charge in [-0.15, -0.1) is 0 Å². The summed E-state index contributed by atoms with van der Waals surface area (Å²) in [6, 6.07) is 20.9. The molecule has 2 saturated heterocycles. The normalized spacial score (nSPS) is 22.3. The van der Waals surface area contributed by atoms with Crippen molar-refractivity contribution in [2.24, 2.45) is 5.92 Å². The van der Waals surface area contributed by atoms with Gasteiger partial charge in [0.15, 0.2) is 6.10 Å². The molecule has 32 heavy (non-hydrogen) atoms. The maximum Gasteiger partial charge on any atom is 0.269 e. The Morgan fingerprint density at radius 2 is 1.62 bits per heavy atom. The van der Waals surface area contributed by atoms with Crippen molar-refractivity contribution in [3.8, 4) is 0 Å². The molecule has 9 heteroatoms. The van der Waals surface area contributed by atoms with E-state index in [0.29, 0.717) is 11.3 Å². The number of amides is 2. The van der Waals surface area contributed by atoms with Crippen LogP contribution < -0.4 is 9.96 Å². The number of fused-ring (bicyclic) bond motifs is 1. The number of imide groups is 1. The van der Waals surface area contributed by atoms with Crippen LogP contribution in [0.2, 0.25) is 5.02 Å². The largest absolute Gasteiger partial charge is 0.273 e. The van der Waals surface area contributed by atoms with Crippen molar-refractivity contribution in [3.05, 3.63) is 99.6 Å². The molecule has 160 valence electrons. The highest BCUT2D eigenvalue weighted by atomic mass is 35.5. The van der Waals surface area contributed by atoms with Crippen LogP contribution in [0.5, 0.6) is 0 Å². The zero-order chi connectivity index (χ0) is 22.4. The number of carbonyl (C=O) groups excluding carboxylic acids is 2. The van der Waals surface area contributed by atoms with Gasteiger partial charge in [0, 0.05) is 12.1 Å².